The van der Waals surface area contributed by atoms with Crippen LogP contribution in [0, 0.1) is 3.57 Å². The molecular formula is C14H18BrI. The second kappa shape index (κ2) is 3.98. The van der Waals surface area contributed by atoms with E-state index in [1.54, 1.807) is 0 Å². The minimum atomic E-state index is 0.317. The van der Waals surface area contributed by atoms with Crippen molar-refractivity contribution in [1.82, 2.24) is 0 Å². The smallest absolute Gasteiger partial charge is 0.0311 e. The van der Waals surface area contributed by atoms with Gasteiger partial charge in [-0.2, -0.15) is 0 Å². The first-order chi connectivity index (χ1) is 7.24. The molecule has 2 heteroatoms. The molecule has 0 spiro atoms. The summed E-state index contributed by atoms with van der Waals surface area (Å²) < 4.78 is 2.56. The Labute approximate surface area is 120 Å². The van der Waals surface area contributed by atoms with Crippen LogP contribution in [0.1, 0.15) is 51.7 Å². The molecule has 0 saturated carbocycles. The van der Waals surface area contributed by atoms with Crippen molar-refractivity contribution >= 4 is 38.5 Å². The fraction of sp³-hybridized carbons (Fsp3) is 0.571. The van der Waals surface area contributed by atoms with Crippen LogP contribution in [-0.4, -0.2) is 0 Å². The quantitative estimate of drug-likeness (QED) is 0.518. The second-order valence-electron chi connectivity index (χ2n) is 6.08. The van der Waals surface area contributed by atoms with Crippen LogP contribution in [0.25, 0.3) is 0 Å². The van der Waals surface area contributed by atoms with Gasteiger partial charge in [0.25, 0.3) is 0 Å². The van der Waals surface area contributed by atoms with E-state index in [0.717, 1.165) is 0 Å². The third kappa shape index (κ3) is 2.07. The summed E-state index contributed by atoms with van der Waals surface area (Å²) in [6, 6.07) is 4.69. The molecule has 0 unspecified atom stereocenters. The van der Waals surface area contributed by atoms with Crippen LogP contribution in [0.5, 0.6) is 0 Å². The average molecular weight is 393 g/mol. The van der Waals surface area contributed by atoms with Crippen molar-refractivity contribution in [3.63, 3.8) is 0 Å². The van der Waals surface area contributed by atoms with Crippen LogP contribution < -0.4 is 0 Å². The molecule has 0 radical (unpaired) electrons. The minimum Gasteiger partial charge on any atom is -0.0558 e. The summed E-state index contributed by atoms with van der Waals surface area (Å²) in [7, 11) is 0. The van der Waals surface area contributed by atoms with Crippen molar-refractivity contribution in [1.29, 1.82) is 0 Å². The summed E-state index contributed by atoms with van der Waals surface area (Å²) in [4.78, 5) is 0. The van der Waals surface area contributed by atoms with Gasteiger partial charge in [-0.05, 0) is 85.5 Å². The lowest BCUT2D eigenvalue weighted by atomic mass is 9.63. The molecule has 1 aliphatic carbocycles. The third-order valence-electron chi connectivity index (χ3n) is 3.89. The summed E-state index contributed by atoms with van der Waals surface area (Å²) in [6.45, 7) is 9.46. The lowest BCUT2D eigenvalue weighted by Gasteiger charge is -2.42. The monoisotopic (exact) mass is 392 g/mol. The van der Waals surface area contributed by atoms with E-state index in [0.29, 0.717) is 10.8 Å². The van der Waals surface area contributed by atoms with Gasteiger partial charge in [0, 0.05) is 8.04 Å². The molecule has 0 N–H and O–H groups in total. The van der Waals surface area contributed by atoms with Gasteiger partial charge in [-0.15, -0.1) is 0 Å². The normalized spacial score (nSPS) is 21.6. The summed E-state index contributed by atoms with van der Waals surface area (Å²) >= 11 is 6.07. The number of halogens is 2. The zero-order chi connectivity index (χ0) is 12.1. The van der Waals surface area contributed by atoms with Crippen LogP contribution in [0.15, 0.2) is 16.6 Å². The molecule has 0 heterocycles. The van der Waals surface area contributed by atoms with Gasteiger partial charge in [0.1, 0.15) is 0 Å². The van der Waals surface area contributed by atoms with Crippen molar-refractivity contribution in [2.24, 2.45) is 0 Å². The minimum absolute atomic E-state index is 0.317. The Morgan fingerprint density at radius 2 is 1.44 bits per heavy atom. The Kier molecular flexibility index (Phi) is 3.20. The maximum atomic E-state index is 3.66. The van der Waals surface area contributed by atoms with Crippen molar-refractivity contribution in [2.45, 2.75) is 51.4 Å². The molecule has 0 saturated heterocycles. The van der Waals surface area contributed by atoms with Crippen molar-refractivity contribution in [2.75, 3.05) is 0 Å². The Bertz CT molecular complexity index is 392. The highest BCUT2D eigenvalue weighted by atomic mass is 127. The Hall–Kier alpha value is 0.430. The summed E-state index contributed by atoms with van der Waals surface area (Å²) in [5.41, 5.74) is 3.70. The molecule has 1 aromatic rings. The van der Waals surface area contributed by atoms with E-state index < -0.39 is 0 Å². The van der Waals surface area contributed by atoms with Crippen LogP contribution in [0.3, 0.4) is 0 Å². The average Bonchev–Trinajstić information content (AvgIpc) is 2.17. The zero-order valence-corrected chi connectivity index (χ0v) is 14.1. The SMILES string of the molecule is CC1(C)CCC(C)(C)c2cc(I)c(Br)cc21. The zero-order valence-electron chi connectivity index (χ0n) is 10.3. The van der Waals surface area contributed by atoms with Crippen LogP contribution >= 0.6 is 38.5 Å². The highest BCUT2D eigenvalue weighted by molar-refractivity contribution is 14.1. The van der Waals surface area contributed by atoms with Crippen LogP contribution in [0.2, 0.25) is 0 Å². The fourth-order valence-electron chi connectivity index (χ4n) is 2.56. The molecule has 1 aromatic carbocycles. The largest absolute Gasteiger partial charge is 0.0558 e. The topological polar surface area (TPSA) is 0 Å². The van der Waals surface area contributed by atoms with Crippen LogP contribution in [0.4, 0.5) is 0 Å². The Balaban J connectivity index is 2.70. The number of hydrogen-bond acceptors (Lipinski definition) is 0. The summed E-state index contributed by atoms with van der Waals surface area (Å²) in [5, 5.41) is 0. The van der Waals surface area contributed by atoms with Gasteiger partial charge in [-0.25, -0.2) is 0 Å². The molecule has 0 bridgehead atoms. The molecule has 0 aromatic heterocycles. The van der Waals surface area contributed by atoms with Gasteiger partial charge in [0.05, 0.1) is 0 Å². The van der Waals surface area contributed by atoms with E-state index in [1.807, 2.05) is 0 Å². The summed E-state index contributed by atoms with van der Waals surface area (Å²) in [5.74, 6) is 0. The standard InChI is InChI=1S/C14H18BrI/c1-13(2)5-6-14(3,4)10-8-12(16)11(15)7-9(10)13/h7-8H,5-6H2,1-4H3. The third-order valence-corrected chi connectivity index (χ3v) is 6.18. The number of hydrogen-bond donors (Lipinski definition) is 0. The van der Waals surface area contributed by atoms with E-state index in [4.69, 9.17) is 0 Å². The van der Waals surface area contributed by atoms with Crippen molar-refractivity contribution < 1.29 is 0 Å². The Morgan fingerprint density at radius 1 is 1.00 bits per heavy atom. The van der Waals surface area contributed by atoms with Gasteiger partial charge < -0.3 is 0 Å². The fourth-order valence-corrected chi connectivity index (χ4v) is 3.37. The molecule has 0 atom stereocenters. The number of benzene rings is 1. The summed E-state index contributed by atoms with van der Waals surface area (Å²) in [6.07, 6.45) is 2.56. The molecule has 2 rings (SSSR count). The molecule has 0 fully saturated rings. The first-order valence-corrected chi connectivity index (χ1v) is 7.61. The van der Waals surface area contributed by atoms with Gasteiger partial charge in [-0.1, -0.05) is 27.7 Å². The maximum absolute atomic E-state index is 3.66. The van der Waals surface area contributed by atoms with E-state index >= 15 is 0 Å². The first kappa shape index (κ1) is 12.9. The van der Waals surface area contributed by atoms with Gasteiger partial charge in [0.15, 0.2) is 0 Å². The number of rotatable bonds is 0. The lowest BCUT2D eigenvalue weighted by Crippen LogP contribution is -2.33. The molecule has 16 heavy (non-hydrogen) atoms. The predicted molar refractivity (Wildman–Crippen MR) is 82.1 cm³/mol. The molecular weight excluding hydrogens is 375 g/mol. The van der Waals surface area contributed by atoms with Gasteiger partial charge in [-0.3, -0.25) is 0 Å². The number of fused-ring (bicyclic) bond motifs is 1. The second-order valence-corrected chi connectivity index (χ2v) is 8.10. The highest BCUT2D eigenvalue weighted by Crippen LogP contribution is 2.47. The maximum Gasteiger partial charge on any atom is 0.0311 e. The van der Waals surface area contributed by atoms with E-state index in [1.165, 1.54) is 32.0 Å². The lowest BCUT2D eigenvalue weighted by molar-refractivity contribution is 0.331. The Morgan fingerprint density at radius 3 is 1.94 bits per heavy atom. The molecule has 1 aliphatic rings. The molecule has 0 nitrogen and oxygen atoms in total. The molecule has 88 valence electrons. The molecule has 0 amide bonds. The van der Waals surface area contributed by atoms with Gasteiger partial charge >= 0.3 is 0 Å². The molecule has 0 aliphatic heterocycles. The van der Waals surface area contributed by atoms with E-state index in [9.17, 15) is 0 Å². The predicted octanol–water partition coefficient (Wildman–Crippen LogP) is 5.40. The van der Waals surface area contributed by atoms with E-state index in [-0.39, 0.29) is 0 Å². The van der Waals surface area contributed by atoms with Crippen molar-refractivity contribution in [3.05, 3.63) is 31.3 Å². The highest BCUT2D eigenvalue weighted by Gasteiger charge is 2.37. The van der Waals surface area contributed by atoms with Crippen molar-refractivity contribution in [3.8, 4) is 0 Å². The van der Waals surface area contributed by atoms with E-state index in [2.05, 4.69) is 78.3 Å². The first-order valence-electron chi connectivity index (χ1n) is 5.74. The van der Waals surface area contributed by atoms with Gasteiger partial charge in [0.2, 0.25) is 0 Å². The van der Waals surface area contributed by atoms with Crippen LogP contribution in [-0.2, 0) is 10.8 Å².